The van der Waals surface area contributed by atoms with Gasteiger partial charge in [0.2, 0.25) is 0 Å². The van der Waals surface area contributed by atoms with Crippen LogP contribution in [0.2, 0.25) is 0 Å². The Morgan fingerprint density at radius 3 is 2.52 bits per heavy atom. The Labute approximate surface area is 151 Å². The Morgan fingerprint density at radius 1 is 1.16 bits per heavy atom. The third kappa shape index (κ3) is 3.93. The summed E-state index contributed by atoms with van der Waals surface area (Å²) in [6.07, 6.45) is 0. The Morgan fingerprint density at radius 2 is 1.88 bits per heavy atom. The number of thiazole rings is 1. The number of hydrogen-bond acceptors (Lipinski definition) is 5. The third-order valence-electron chi connectivity index (χ3n) is 3.75. The van der Waals surface area contributed by atoms with Gasteiger partial charge in [-0.15, -0.1) is 0 Å². The van der Waals surface area contributed by atoms with Gasteiger partial charge in [-0.05, 0) is 48.7 Å². The normalized spacial score (nSPS) is 11.8. The summed E-state index contributed by atoms with van der Waals surface area (Å²) in [5.74, 6) is 1.10. The first kappa shape index (κ1) is 17.7. The first-order valence-corrected chi connectivity index (χ1v) is 10.3. The first-order chi connectivity index (χ1) is 11.9. The Bertz CT molecular complexity index is 977. The van der Waals surface area contributed by atoms with E-state index in [9.17, 15) is 8.42 Å². The highest BCUT2D eigenvalue weighted by Gasteiger charge is 2.17. The minimum absolute atomic E-state index is 0.228. The van der Waals surface area contributed by atoms with E-state index >= 15 is 0 Å². The highest BCUT2D eigenvalue weighted by atomic mass is 32.2. The van der Waals surface area contributed by atoms with Crippen molar-refractivity contribution < 1.29 is 13.2 Å². The van der Waals surface area contributed by atoms with Gasteiger partial charge in [0, 0.05) is 0 Å². The van der Waals surface area contributed by atoms with Crippen LogP contribution in [0, 0.1) is 0 Å². The molecule has 0 saturated carbocycles. The van der Waals surface area contributed by atoms with Crippen LogP contribution in [0.3, 0.4) is 0 Å². The van der Waals surface area contributed by atoms with E-state index in [1.807, 2.05) is 37.3 Å². The van der Waals surface area contributed by atoms with Gasteiger partial charge in [0.25, 0.3) is 10.0 Å². The van der Waals surface area contributed by atoms with Crippen LogP contribution in [-0.2, 0) is 10.0 Å². The standard InChI is InChI=1S/C18H20N2O3S2/c1-4-23-14-7-10-16-17(11-14)24-18(19-16)20-25(21,22)15-8-5-13(6-9-15)12(2)3/h5-12H,4H2,1-3H3,(H,19,20). The van der Waals surface area contributed by atoms with Gasteiger partial charge >= 0.3 is 0 Å². The first-order valence-electron chi connectivity index (χ1n) is 8.05. The van der Waals surface area contributed by atoms with Crippen molar-refractivity contribution in [3.05, 3.63) is 48.0 Å². The number of fused-ring (bicyclic) bond motifs is 1. The molecule has 3 aromatic rings. The molecule has 3 rings (SSSR count). The minimum Gasteiger partial charge on any atom is -0.494 e. The Kier molecular flexibility index (Phi) is 4.96. The molecule has 0 aliphatic rings. The number of sulfonamides is 1. The predicted octanol–water partition coefficient (Wildman–Crippen LogP) is 4.62. The van der Waals surface area contributed by atoms with Crippen molar-refractivity contribution in [3.8, 4) is 5.75 Å². The number of rotatable bonds is 6. The van der Waals surface area contributed by atoms with Crippen molar-refractivity contribution in [3.63, 3.8) is 0 Å². The lowest BCUT2D eigenvalue weighted by atomic mass is 10.0. The molecular formula is C18H20N2O3S2. The molecule has 0 aliphatic heterocycles. The van der Waals surface area contributed by atoms with Crippen LogP contribution in [-0.4, -0.2) is 20.0 Å². The molecule has 0 fully saturated rings. The number of hydrogen-bond donors (Lipinski definition) is 1. The van der Waals surface area contributed by atoms with Gasteiger partial charge in [0.15, 0.2) is 5.13 Å². The molecule has 0 atom stereocenters. The maximum atomic E-state index is 12.6. The van der Waals surface area contributed by atoms with Crippen LogP contribution in [0.15, 0.2) is 47.4 Å². The highest BCUT2D eigenvalue weighted by Crippen LogP contribution is 2.30. The quantitative estimate of drug-likeness (QED) is 0.682. The maximum absolute atomic E-state index is 12.6. The summed E-state index contributed by atoms with van der Waals surface area (Å²) in [6, 6.07) is 12.4. The zero-order valence-corrected chi connectivity index (χ0v) is 15.9. The summed E-state index contributed by atoms with van der Waals surface area (Å²) < 4.78 is 34.0. The number of ether oxygens (including phenoxy) is 1. The smallest absolute Gasteiger partial charge is 0.263 e. The van der Waals surface area contributed by atoms with Crippen LogP contribution in [0.1, 0.15) is 32.3 Å². The molecule has 0 amide bonds. The number of anilines is 1. The fourth-order valence-electron chi connectivity index (χ4n) is 2.41. The van der Waals surface area contributed by atoms with Crippen molar-refractivity contribution >= 4 is 36.7 Å². The van der Waals surface area contributed by atoms with Crippen LogP contribution >= 0.6 is 11.3 Å². The average Bonchev–Trinajstić information content (AvgIpc) is 2.96. The Hall–Kier alpha value is -2.12. The molecule has 0 saturated heterocycles. The van der Waals surface area contributed by atoms with E-state index in [-0.39, 0.29) is 4.90 Å². The van der Waals surface area contributed by atoms with Crippen molar-refractivity contribution in [1.82, 2.24) is 4.98 Å². The fraction of sp³-hybridized carbons (Fsp3) is 0.278. The second kappa shape index (κ2) is 7.01. The number of benzene rings is 2. The van der Waals surface area contributed by atoms with E-state index in [0.717, 1.165) is 21.5 Å². The lowest BCUT2D eigenvalue weighted by Gasteiger charge is -2.08. The lowest BCUT2D eigenvalue weighted by Crippen LogP contribution is -2.12. The second-order valence-electron chi connectivity index (χ2n) is 5.91. The van der Waals surface area contributed by atoms with E-state index in [0.29, 0.717) is 17.7 Å². The average molecular weight is 377 g/mol. The summed E-state index contributed by atoms with van der Waals surface area (Å²) in [4.78, 5) is 4.57. The molecule has 0 radical (unpaired) electrons. The van der Waals surface area contributed by atoms with Crippen LogP contribution < -0.4 is 9.46 Å². The zero-order chi connectivity index (χ0) is 18.0. The summed E-state index contributed by atoms with van der Waals surface area (Å²) >= 11 is 1.29. The summed E-state index contributed by atoms with van der Waals surface area (Å²) in [7, 11) is -3.66. The Balaban J connectivity index is 1.86. The van der Waals surface area contributed by atoms with Crippen LogP contribution in [0.5, 0.6) is 5.75 Å². The van der Waals surface area contributed by atoms with E-state index < -0.39 is 10.0 Å². The van der Waals surface area contributed by atoms with Gasteiger partial charge in [0.05, 0.1) is 21.7 Å². The predicted molar refractivity (Wildman–Crippen MR) is 102 cm³/mol. The second-order valence-corrected chi connectivity index (χ2v) is 8.62. The molecule has 1 heterocycles. The van der Waals surface area contributed by atoms with E-state index in [4.69, 9.17) is 4.74 Å². The SMILES string of the molecule is CCOc1ccc2nc(NS(=O)(=O)c3ccc(C(C)C)cc3)sc2c1. The summed E-state index contributed by atoms with van der Waals surface area (Å²) in [6.45, 7) is 6.63. The monoisotopic (exact) mass is 376 g/mol. The largest absolute Gasteiger partial charge is 0.494 e. The maximum Gasteiger partial charge on any atom is 0.263 e. The van der Waals surface area contributed by atoms with Crippen LogP contribution in [0.4, 0.5) is 5.13 Å². The molecule has 25 heavy (non-hydrogen) atoms. The number of nitrogens with one attached hydrogen (secondary N) is 1. The topological polar surface area (TPSA) is 68.3 Å². The van der Waals surface area contributed by atoms with Gasteiger partial charge in [-0.2, -0.15) is 0 Å². The van der Waals surface area contributed by atoms with Crippen molar-refractivity contribution in [2.24, 2.45) is 0 Å². The molecule has 5 nitrogen and oxygen atoms in total. The molecule has 0 unspecified atom stereocenters. The third-order valence-corrected chi connectivity index (χ3v) is 6.17. The van der Waals surface area contributed by atoms with Gasteiger partial charge < -0.3 is 4.74 Å². The van der Waals surface area contributed by atoms with Crippen molar-refractivity contribution in [2.45, 2.75) is 31.6 Å². The molecule has 2 aromatic carbocycles. The molecule has 0 spiro atoms. The molecular weight excluding hydrogens is 356 g/mol. The van der Waals surface area contributed by atoms with E-state index in [1.165, 1.54) is 11.3 Å². The molecule has 0 bridgehead atoms. The molecule has 1 N–H and O–H groups in total. The van der Waals surface area contributed by atoms with Crippen molar-refractivity contribution in [2.75, 3.05) is 11.3 Å². The lowest BCUT2D eigenvalue weighted by molar-refractivity contribution is 0.341. The molecule has 1 aromatic heterocycles. The van der Waals surface area contributed by atoms with E-state index in [1.54, 1.807) is 12.1 Å². The zero-order valence-electron chi connectivity index (χ0n) is 14.3. The van der Waals surface area contributed by atoms with Gasteiger partial charge in [0.1, 0.15) is 5.75 Å². The van der Waals surface area contributed by atoms with Crippen molar-refractivity contribution in [1.29, 1.82) is 0 Å². The minimum atomic E-state index is -3.66. The molecule has 132 valence electrons. The van der Waals surface area contributed by atoms with Gasteiger partial charge in [-0.1, -0.05) is 37.3 Å². The summed E-state index contributed by atoms with van der Waals surface area (Å²) in [5.41, 5.74) is 1.84. The molecule has 7 heteroatoms. The summed E-state index contributed by atoms with van der Waals surface area (Å²) in [5, 5.41) is 0.344. The highest BCUT2D eigenvalue weighted by molar-refractivity contribution is 7.93. The van der Waals surface area contributed by atoms with Gasteiger partial charge in [-0.3, -0.25) is 4.72 Å². The van der Waals surface area contributed by atoms with Crippen LogP contribution in [0.25, 0.3) is 10.2 Å². The number of nitrogens with zero attached hydrogens (tertiary/aromatic N) is 1. The van der Waals surface area contributed by atoms with Gasteiger partial charge in [-0.25, -0.2) is 13.4 Å². The number of aromatic nitrogens is 1. The van der Waals surface area contributed by atoms with E-state index in [2.05, 4.69) is 23.6 Å². The fourth-order valence-corrected chi connectivity index (χ4v) is 4.54. The molecule has 0 aliphatic carbocycles.